The van der Waals surface area contributed by atoms with Crippen LogP contribution in [-0.2, 0) is 23.1 Å². The van der Waals surface area contributed by atoms with E-state index >= 15 is 0 Å². The van der Waals surface area contributed by atoms with Crippen molar-refractivity contribution in [3.05, 3.63) is 74.9 Å². The Bertz CT molecular complexity index is 1160. The van der Waals surface area contributed by atoms with Gasteiger partial charge < -0.3 is 15.4 Å². The highest BCUT2D eigenvalue weighted by molar-refractivity contribution is 7.98. The van der Waals surface area contributed by atoms with E-state index in [0.29, 0.717) is 22.7 Å². The third-order valence-corrected chi connectivity index (χ3v) is 7.92. The first-order chi connectivity index (χ1) is 15.6. The van der Waals surface area contributed by atoms with Gasteiger partial charge in [-0.1, -0.05) is 18.2 Å². The second-order valence-electron chi connectivity index (χ2n) is 7.76. The molecule has 33 heavy (non-hydrogen) atoms. The summed E-state index contributed by atoms with van der Waals surface area (Å²) in [5.41, 5.74) is 2.55. The number of carboxylic acid groups (broad SMARTS) is 1. The molecule has 0 aliphatic carbocycles. The van der Waals surface area contributed by atoms with Crippen LogP contribution < -0.4 is 0 Å². The maximum absolute atomic E-state index is 12.8. The number of hydrogen-bond donors (Lipinski definition) is 1. The molecule has 2 heterocycles. The molecular formula is C23H20F3N2O3S2-. The van der Waals surface area contributed by atoms with Crippen LogP contribution in [-0.4, -0.2) is 27.7 Å². The number of halogens is 3. The summed E-state index contributed by atoms with van der Waals surface area (Å²) < 4.78 is 38.4. The van der Waals surface area contributed by atoms with Gasteiger partial charge in [-0.2, -0.15) is 13.2 Å². The number of alkyl halides is 3. The number of thiazole rings is 1. The van der Waals surface area contributed by atoms with Crippen LogP contribution in [0, 0.1) is 12.1 Å². The summed E-state index contributed by atoms with van der Waals surface area (Å²) in [7, 11) is 0. The Balaban J connectivity index is 1.47. The fraction of sp³-hybridized carbons (Fsp3) is 0.304. The standard InChI is InChI=1S/C23H20F3N2O3S2/c1-13-20(33-22(27-13)14-2-4-16(5-3-14)23(24,25)26)12-32-17-6-7-18-15(10-17)8-9-28(31)19(18)11-21(29)30/h2-7,10,19H,8-9,11-12H2,1H3,(H,29,30)/q-1. The van der Waals surface area contributed by atoms with Gasteiger partial charge in [0.1, 0.15) is 5.01 Å². The highest BCUT2D eigenvalue weighted by Gasteiger charge is 2.30. The predicted octanol–water partition coefficient (Wildman–Crippen LogP) is 6.30. The first kappa shape index (κ1) is 23.7. The molecule has 174 valence electrons. The molecule has 1 aliphatic heterocycles. The molecule has 0 fully saturated rings. The zero-order valence-corrected chi connectivity index (χ0v) is 19.2. The van der Waals surface area contributed by atoms with Crippen LogP contribution in [0.15, 0.2) is 47.4 Å². The fourth-order valence-corrected chi connectivity index (χ4v) is 5.94. The lowest BCUT2D eigenvalue weighted by molar-refractivity contribution is -0.139. The number of aryl methyl sites for hydroxylation is 1. The van der Waals surface area contributed by atoms with E-state index in [4.69, 9.17) is 5.11 Å². The maximum atomic E-state index is 12.8. The molecule has 4 rings (SSSR count). The molecule has 3 aromatic rings. The van der Waals surface area contributed by atoms with E-state index < -0.39 is 23.8 Å². The number of nitrogens with zero attached hydrogens (tertiary/aromatic N) is 2. The molecule has 1 atom stereocenters. The molecule has 1 N–H and O–H groups in total. The molecule has 1 unspecified atom stereocenters. The van der Waals surface area contributed by atoms with E-state index in [1.165, 1.54) is 23.5 Å². The average Bonchev–Trinajstić information content (AvgIpc) is 3.14. The largest absolute Gasteiger partial charge is 0.785 e. The topological polar surface area (TPSA) is 76.5 Å². The normalized spacial score (nSPS) is 16.6. The molecule has 0 radical (unpaired) electrons. The molecule has 0 saturated heterocycles. The minimum Gasteiger partial charge on any atom is -0.785 e. The van der Waals surface area contributed by atoms with Gasteiger partial charge in [-0.25, -0.2) is 4.98 Å². The highest BCUT2D eigenvalue weighted by atomic mass is 32.2. The van der Waals surface area contributed by atoms with Gasteiger partial charge in [0.2, 0.25) is 0 Å². The van der Waals surface area contributed by atoms with Crippen LogP contribution in [0.25, 0.3) is 10.6 Å². The number of carboxylic acids is 1. The Morgan fingerprint density at radius 2 is 2.00 bits per heavy atom. The molecule has 1 aromatic heterocycles. The predicted molar refractivity (Wildman–Crippen MR) is 122 cm³/mol. The van der Waals surface area contributed by atoms with Crippen LogP contribution >= 0.6 is 23.1 Å². The second kappa shape index (κ2) is 9.46. The molecule has 5 nitrogen and oxygen atoms in total. The lowest BCUT2D eigenvalue weighted by Crippen LogP contribution is -2.32. The van der Waals surface area contributed by atoms with Gasteiger partial charge in [-0.3, -0.25) is 4.79 Å². The molecule has 2 aromatic carbocycles. The Labute approximate surface area is 196 Å². The zero-order chi connectivity index (χ0) is 23.8. The first-order valence-corrected chi connectivity index (χ1v) is 12.0. The lowest BCUT2D eigenvalue weighted by atomic mass is 9.92. The van der Waals surface area contributed by atoms with Crippen molar-refractivity contribution in [1.29, 1.82) is 0 Å². The smallest absolute Gasteiger partial charge is 0.416 e. The van der Waals surface area contributed by atoms with Gasteiger partial charge in [0.25, 0.3) is 0 Å². The summed E-state index contributed by atoms with van der Waals surface area (Å²) >= 11 is 3.06. The monoisotopic (exact) mass is 493 g/mol. The number of aliphatic carboxylic acids is 1. The van der Waals surface area contributed by atoms with Gasteiger partial charge in [-0.15, -0.1) is 23.1 Å². The van der Waals surface area contributed by atoms with Gasteiger partial charge in [0, 0.05) is 27.1 Å². The Hall–Kier alpha value is -2.40. The number of aromatic nitrogens is 1. The van der Waals surface area contributed by atoms with E-state index in [1.807, 2.05) is 25.1 Å². The Morgan fingerprint density at radius 3 is 2.67 bits per heavy atom. The first-order valence-electron chi connectivity index (χ1n) is 10.2. The number of carbonyl (C=O) groups is 1. The molecule has 0 amide bonds. The summed E-state index contributed by atoms with van der Waals surface area (Å²) in [5, 5.41) is 22.7. The van der Waals surface area contributed by atoms with Crippen LogP contribution in [0.2, 0.25) is 0 Å². The number of thioether (sulfide) groups is 1. The summed E-state index contributed by atoms with van der Waals surface area (Å²) in [4.78, 5) is 17.7. The maximum Gasteiger partial charge on any atom is 0.416 e. The van der Waals surface area contributed by atoms with Crippen LogP contribution in [0.4, 0.5) is 13.2 Å². The average molecular weight is 494 g/mol. The summed E-state index contributed by atoms with van der Waals surface area (Å²) in [6.07, 6.45) is -4.02. The zero-order valence-electron chi connectivity index (χ0n) is 17.6. The van der Waals surface area contributed by atoms with Gasteiger partial charge in [0.15, 0.2) is 0 Å². The third kappa shape index (κ3) is 5.40. The van der Waals surface area contributed by atoms with E-state index in [0.717, 1.165) is 43.8 Å². The lowest BCUT2D eigenvalue weighted by Gasteiger charge is -2.41. The van der Waals surface area contributed by atoms with Gasteiger partial charge in [-0.05, 0) is 55.3 Å². The van der Waals surface area contributed by atoms with Crippen molar-refractivity contribution in [2.24, 2.45) is 0 Å². The Kier molecular flexibility index (Phi) is 6.81. The van der Waals surface area contributed by atoms with E-state index in [1.54, 1.807) is 11.8 Å². The SMILES string of the molecule is Cc1nc(-c2ccc(C(F)(F)F)cc2)sc1CSc1ccc2c(c1)CCN([O-])C2CC(=O)O. The number of rotatable bonds is 6. The molecule has 10 heteroatoms. The third-order valence-electron chi connectivity index (χ3n) is 5.51. The number of fused-ring (bicyclic) bond motifs is 1. The number of hydroxylamine groups is 2. The van der Waals surface area contributed by atoms with Crippen LogP contribution in [0.1, 0.15) is 39.7 Å². The minimum atomic E-state index is -4.37. The number of hydrogen-bond acceptors (Lipinski definition) is 6. The Morgan fingerprint density at radius 1 is 1.27 bits per heavy atom. The molecule has 1 aliphatic rings. The van der Waals surface area contributed by atoms with Crippen molar-refractivity contribution >= 4 is 29.1 Å². The molecular weight excluding hydrogens is 473 g/mol. The van der Waals surface area contributed by atoms with Crippen molar-refractivity contribution in [2.45, 2.75) is 42.6 Å². The minimum absolute atomic E-state index is 0.226. The molecule has 0 spiro atoms. The highest BCUT2D eigenvalue weighted by Crippen LogP contribution is 2.37. The van der Waals surface area contributed by atoms with Gasteiger partial charge in [0.05, 0.1) is 17.7 Å². The van der Waals surface area contributed by atoms with Crippen molar-refractivity contribution in [3.8, 4) is 10.6 Å². The van der Waals surface area contributed by atoms with Crippen LogP contribution in [0.5, 0.6) is 0 Å². The van der Waals surface area contributed by atoms with E-state index in [9.17, 15) is 23.2 Å². The van der Waals surface area contributed by atoms with Crippen molar-refractivity contribution in [1.82, 2.24) is 10.0 Å². The quantitative estimate of drug-likeness (QED) is 0.406. The van der Waals surface area contributed by atoms with Crippen molar-refractivity contribution < 1.29 is 23.1 Å². The van der Waals surface area contributed by atoms with Gasteiger partial charge >= 0.3 is 12.1 Å². The molecule has 0 saturated carbocycles. The summed E-state index contributed by atoms with van der Waals surface area (Å²) in [6.45, 7) is 2.15. The number of benzene rings is 2. The summed E-state index contributed by atoms with van der Waals surface area (Å²) in [5.74, 6) is -0.355. The van der Waals surface area contributed by atoms with Crippen LogP contribution in [0.3, 0.4) is 0 Å². The molecule has 0 bridgehead atoms. The summed E-state index contributed by atoms with van der Waals surface area (Å²) in [6, 6.07) is 10.1. The fourth-order valence-electron chi connectivity index (χ4n) is 3.77. The van der Waals surface area contributed by atoms with Crippen molar-refractivity contribution in [3.63, 3.8) is 0 Å². The van der Waals surface area contributed by atoms with Crippen molar-refractivity contribution in [2.75, 3.05) is 6.54 Å². The van der Waals surface area contributed by atoms with E-state index in [-0.39, 0.29) is 13.0 Å². The van der Waals surface area contributed by atoms with E-state index in [2.05, 4.69) is 4.98 Å². The second-order valence-corrected chi connectivity index (χ2v) is 9.89.